The number of nitrogens with one attached hydrogen (secondary N) is 1. The molecule has 1 heterocycles. The van der Waals surface area contributed by atoms with Gasteiger partial charge in [-0.3, -0.25) is 14.4 Å². The van der Waals surface area contributed by atoms with E-state index in [1.807, 2.05) is 0 Å². The highest BCUT2D eigenvalue weighted by Gasteiger charge is 2.31. The number of carbonyl (C=O) groups excluding carboxylic acids is 3. The van der Waals surface area contributed by atoms with E-state index in [0.717, 1.165) is 18.2 Å². The Morgan fingerprint density at radius 3 is 2.42 bits per heavy atom. The third kappa shape index (κ3) is 5.22. The Labute approximate surface area is 188 Å². The van der Waals surface area contributed by atoms with Gasteiger partial charge < -0.3 is 10.2 Å². The molecule has 0 saturated carbocycles. The number of halogens is 4. The second kappa shape index (κ2) is 9.75. The van der Waals surface area contributed by atoms with Gasteiger partial charge in [-0.15, -0.1) is 0 Å². The molecule has 1 saturated heterocycles. The Hall–Kier alpha value is -2.51. The van der Waals surface area contributed by atoms with Crippen LogP contribution in [0.3, 0.4) is 0 Å². The molecule has 5 nitrogen and oxygen atoms in total. The Kier molecular flexibility index (Phi) is 7.28. The molecule has 1 unspecified atom stereocenters. The SMILES string of the molecule is CC(NC(=O)c1cccc(Cl)c1Cl)C(=O)N1CCC(C(=O)c2cc(F)ccc2F)CC1. The summed E-state index contributed by atoms with van der Waals surface area (Å²) in [6, 6.07) is 6.60. The summed E-state index contributed by atoms with van der Waals surface area (Å²) in [5.41, 5.74) is -0.112. The molecule has 2 amide bonds. The van der Waals surface area contributed by atoms with Crippen molar-refractivity contribution in [2.24, 2.45) is 5.92 Å². The maximum Gasteiger partial charge on any atom is 0.253 e. The molecule has 1 fully saturated rings. The summed E-state index contributed by atoms with van der Waals surface area (Å²) in [4.78, 5) is 39.2. The van der Waals surface area contributed by atoms with Crippen LogP contribution in [0.15, 0.2) is 36.4 Å². The number of piperidine rings is 1. The van der Waals surface area contributed by atoms with Gasteiger partial charge in [0.05, 0.1) is 21.2 Å². The van der Waals surface area contributed by atoms with Crippen LogP contribution in [0.5, 0.6) is 0 Å². The van der Waals surface area contributed by atoms with Crippen molar-refractivity contribution in [1.29, 1.82) is 0 Å². The van der Waals surface area contributed by atoms with Crippen LogP contribution in [0.25, 0.3) is 0 Å². The van der Waals surface area contributed by atoms with Crippen molar-refractivity contribution in [3.63, 3.8) is 0 Å². The molecular weight excluding hydrogens is 449 g/mol. The van der Waals surface area contributed by atoms with E-state index in [-0.39, 0.29) is 40.2 Å². The monoisotopic (exact) mass is 468 g/mol. The predicted octanol–water partition coefficient (Wildman–Crippen LogP) is 4.51. The maximum atomic E-state index is 13.9. The zero-order valence-electron chi connectivity index (χ0n) is 16.6. The molecule has 3 rings (SSSR count). The minimum Gasteiger partial charge on any atom is -0.341 e. The molecule has 1 N–H and O–H groups in total. The summed E-state index contributed by atoms with van der Waals surface area (Å²) in [5.74, 6) is -3.26. The van der Waals surface area contributed by atoms with E-state index in [0.29, 0.717) is 12.8 Å². The van der Waals surface area contributed by atoms with Crippen molar-refractivity contribution >= 4 is 40.8 Å². The van der Waals surface area contributed by atoms with Crippen LogP contribution >= 0.6 is 23.2 Å². The highest BCUT2D eigenvalue weighted by Crippen LogP contribution is 2.26. The first kappa shape index (κ1) is 23.2. The second-order valence-corrected chi connectivity index (χ2v) is 8.17. The lowest BCUT2D eigenvalue weighted by Gasteiger charge is -2.33. The van der Waals surface area contributed by atoms with Crippen LogP contribution in [0, 0.1) is 17.6 Å². The molecule has 1 atom stereocenters. The fourth-order valence-electron chi connectivity index (χ4n) is 3.56. The van der Waals surface area contributed by atoms with Gasteiger partial charge in [0, 0.05) is 19.0 Å². The first-order valence-electron chi connectivity index (χ1n) is 9.72. The standard InChI is InChI=1S/C22H20Cl2F2N2O3/c1-12(27-21(30)15-3-2-4-17(23)19(15)24)22(31)28-9-7-13(8-10-28)20(29)16-11-14(25)5-6-18(16)26/h2-6,11-13H,7-10H2,1H3,(H,27,30). The van der Waals surface area contributed by atoms with E-state index >= 15 is 0 Å². The van der Waals surface area contributed by atoms with Crippen LogP contribution < -0.4 is 5.32 Å². The Morgan fingerprint density at radius 2 is 1.74 bits per heavy atom. The number of benzene rings is 2. The quantitative estimate of drug-likeness (QED) is 0.656. The predicted molar refractivity (Wildman–Crippen MR) is 113 cm³/mol. The second-order valence-electron chi connectivity index (χ2n) is 7.38. The zero-order chi connectivity index (χ0) is 22.7. The van der Waals surface area contributed by atoms with Gasteiger partial charge in [-0.1, -0.05) is 29.3 Å². The fraction of sp³-hybridized carbons (Fsp3) is 0.318. The number of rotatable bonds is 5. The molecule has 0 spiro atoms. The fourth-order valence-corrected chi connectivity index (χ4v) is 3.94. The molecule has 2 aromatic rings. The van der Waals surface area contributed by atoms with E-state index in [1.54, 1.807) is 19.1 Å². The number of Topliss-reactive ketones (excluding diaryl/α,β-unsaturated/α-hetero) is 1. The van der Waals surface area contributed by atoms with Crippen LogP contribution in [0.2, 0.25) is 10.0 Å². The number of nitrogens with zero attached hydrogens (tertiary/aromatic N) is 1. The summed E-state index contributed by atoms with van der Waals surface area (Å²) in [6.45, 7) is 2.09. The zero-order valence-corrected chi connectivity index (χ0v) is 18.1. The summed E-state index contributed by atoms with van der Waals surface area (Å²) in [7, 11) is 0. The Bertz CT molecular complexity index is 1020. The molecule has 0 aromatic heterocycles. The lowest BCUT2D eigenvalue weighted by atomic mass is 9.88. The first-order chi connectivity index (χ1) is 14.7. The minimum atomic E-state index is -0.824. The van der Waals surface area contributed by atoms with Crippen LogP contribution in [0.4, 0.5) is 8.78 Å². The summed E-state index contributed by atoms with van der Waals surface area (Å²) >= 11 is 12.0. The molecule has 0 aliphatic carbocycles. The van der Waals surface area contributed by atoms with Crippen molar-refractivity contribution in [2.45, 2.75) is 25.8 Å². The molecule has 0 radical (unpaired) electrons. The number of amides is 2. The molecule has 9 heteroatoms. The molecular formula is C22H20Cl2F2N2O3. The van der Waals surface area contributed by atoms with Gasteiger partial charge >= 0.3 is 0 Å². The molecule has 164 valence electrons. The number of hydrogen-bond acceptors (Lipinski definition) is 3. The summed E-state index contributed by atoms with van der Waals surface area (Å²) < 4.78 is 27.3. The van der Waals surface area contributed by atoms with Gasteiger partial charge in [0.2, 0.25) is 5.91 Å². The molecule has 1 aliphatic rings. The van der Waals surface area contributed by atoms with Crippen molar-refractivity contribution in [3.05, 3.63) is 69.2 Å². The smallest absolute Gasteiger partial charge is 0.253 e. The van der Waals surface area contributed by atoms with Gasteiger partial charge in [0.15, 0.2) is 5.78 Å². The topological polar surface area (TPSA) is 66.5 Å². The van der Waals surface area contributed by atoms with E-state index in [2.05, 4.69) is 5.32 Å². The number of ketones is 1. The maximum absolute atomic E-state index is 13.9. The van der Waals surface area contributed by atoms with Crippen molar-refractivity contribution in [2.75, 3.05) is 13.1 Å². The van der Waals surface area contributed by atoms with E-state index in [1.165, 1.54) is 11.0 Å². The Morgan fingerprint density at radius 1 is 1.06 bits per heavy atom. The number of hydrogen-bond donors (Lipinski definition) is 1. The number of carbonyl (C=O) groups is 3. The highest BCUT2D eigenvalue weighted by atomic mass is 35.5. The van der Waals surface area contributed by atoms with Crippen molar-refractivity contribution < 1.29 is 23.2 Å². The average molecular weight is 469 g/mol. The summed E-state index contributed by atoms with van der Waals surface area (Å²) in [6.07, 6.45) is 0.641. The van der Waals surface area contributed by atoms with Gasteiger partial charge in [-0.05, 0) is 50.1 Å². The Balaban J connectivity index is 1.58. The highest BCUT2D eigenvalue weighted by molar-refractivity contribution is 6.43. The van der Waals surface area contributed by atoms with Crippen molar-refractivity contribution in [3.8, 4) is 0 Å². The lowest BCUT2D eigenvalue weighted by Crippen LogP contribution is -2.50. The lowest BCUT2D eigenvalue weighted by molar-refractivity contribution is -0.134. The largest absolute Gasteiger partial charge is 0.341 e. The first-order valence-corrected chi connectivity index (χ1v) is 10.5. The van der Waals surface area contributed by atoms with Gasteiger partial charge in [0.25, 0.3) is 5.91 Å². The van der Waals surface area contributed by atoms with E-state index in [9.17, 15) is 23.2 Å². The van der Waals surface area contributed by atoms with Crippen LogP contribution in [-0.2, 0) is 4.79 Å². The van der Waals surface area contributed by atoms with Gasteiger partial charge in [-0.25, -0.2) is 8.78 Å². The van der Waals surface area contributed by atoms with Crippen LogP contribution in [0.1, 0.15) is 40.5 Å². The third-order valence-electron chi connectivity index (χ3n) is 5.29. The average Bonchev–Trinajstić information content (AvgIpc) is 2.76. The number of likely N-dealkylation sites (tertiary alicyclic amines) is 1. The van der Waals surface area contributed by atoms with Gasteiger partial charge in [-0.2, -0.15) is 0 Å². The minimum absolute atomic E-state index is 0.102. The van der Waals surface area contributed by atoms with E-state index in [4.69, 9.17) is 23.2 Å². The van der Waals surface area contributed by atoms with Crippen molar-refractivity contribution in [1.82, 2.24) is 10.2 Å². The molecule has 1 aliphatic heterocycles. The van der Waals surface area contributed by atoms with Gasteiger partial charge in [0.1, 0.15) is 17.7 Å². The third-order valence-corrected chi connectivity index (χ3v) is 6.10. The molecule has 31 heavy (non-hydrogen) atoms. The normalized spacial score (nSPS) is 15.5. The van der Waals surface area contributed by atoms with Crippen LogP contribution in [-0.4, -0.2) is 41.6 Å². The summed E-state index contributed by atoms with van der Waals surface area (Å²) in [5, 5.41) is 2.94. The van der Waals surface area contributed by atoms with E-state index < -0.39 is 35.3 Å². The molecule has 2 aromatic carbocycles. The molecule has 0 bridgehead atoms.